The van der Waals surface area contributed by atoms with Crippen LogP contribution in [0.5, 0.6) is 0 Å². The Morgan fingerprint density at radius 2 is 1.91 bits per heavy atom. The van der Waals surface area contributed by atoms with Crippen molar-refractivity contribution in [1.82, 2.24) is 5.32 Å². The summed E-state index contributed by atoms with van der Waals surface area (Å²) in [4.78, 5) is 11.3. The smallest absolute Gasteiger partial charge is 0.475 e. The maximum atomic E-state index is 10.6. The van der Waals surface area contributed by atoms with Gasteiger partial charge in [0.15, 0.2) is 0 Å². The second-order valence-corrected chi connectivity index (χ2v) is 5.12. The SMILES string of the molecule is COC1CN(c2ccc3c(c2)CNC3)C1.O=C(O)C(F)(F)F. The van der Waals surface area contributed by atoms with E-state index in [1.807, 2.05) is 0 Å². The van der Waals surface area contributed by atoms with E-state index in [4.69, 9.17) is 14.6 Å². The van der Waals surface area contributed by atoms with Crippen LogP contribution in [0.2, 0.25) is 0 Å². The summed E-state index contributed by atoms with van der Waals surface area (Å²) in [6, 6.07) is 6.77. The van der Waals surface area contributed by atoms with Gasteiger partial charge in [-0.15, -0.1) is 0 Å². The number of carboxylic acid groups (broad SMARTS) is 1. The van der Waals surface area contributed by atoms with Crippen molar-refractivity contribution in [3.8, 4) is 0 Å². The van der Waals surface area contributed by atoms with Crippen LogP contribution in [0, 0.1) is 0 Å². The van der Waals surface area contributed by atoms with Gasteiger partial charge in [-0.25, -0.2) is 4.79 Å². The van der Waals surface area contributed by atoms with Crippen molar-refractivity contribution in [2.24, 2.45) is 0 Å². The second kappa shape index (κ2) is 6.53. The number of ether oxygens (including phenoxy) is 1. The number of hydrogen-bond acceptors (Lipinski definition) is 4. The highest BCUT2D eigenvalue weighted by atomic mass is 19.4. The minimum Gasteiger partial charge on any atom is -0.475 e. The number of methoxy groups -OCH3 is 1. The van der Waals surface area contributed by atoms with Gasteiger partial charge >= 0.3 is 12.1 Å². The molecule has 0 aliphatic carbocycles. The summed E-state index contributed by atoms with van der Waals surface area (Å²) in [5.41, 5.74) is 4.24. The normalized spacial score (nSPS) is 17.4. The van der Waals surface area contributed by atoms with E-state index in [9.17, 15) is 13.2 Å². The van der Waals surface area contributed by atoms with Gasteiger partial charge < -0.3 is 20.1 Å². The Morgan fingerprint density at radius 3 is 2.45 bits per heavy atom. The average molecular weight is 318 g/mol. The maximum Gasteiger partial charge on any atom is 0.490 e. The molecule has 22 heavy (non-hydrogen) atoms. The van der Waals surface area contributed by atoms with Gasteiger partial charge in [0.2, 0.25) is 0 Å². The number of anilines is 1. The molecule has 2 N–H and O–H groups in total. The van der Waals surface area contributed by atoms with Gasteiger partial charge in [0.25, 0.3) is 0 Å². The van der Waals surface area contributed by atoms with E-state index >= 15 is 0 Å². The first kappa shape index (κ1) is 16.6. The zero-order valence-corrected chi connectivity index (χ0v) is 12.0. The third-order valence-corrected chi connectivity index (χ3v) is 3.61. The molecular weight excluding hydrogens is 301 g/mol. The topological polar surface area (TPSA) is 61.8 Å². The molecule has 0 aromatic heterocycles. The molecule has 2 aliphatic rings. The van der Waals surface area contributed by atoms with Gasteiger partial charge in [0, 0.05) is 39.0 Å². The summed E-state index contributed by atoms with van der Waals surface area (Å²) >= 11 is 0. The molecule has 8 heteroatoms. The lowest BCUT2D eigenvalue weighted by molar-refractivity contribution is -0.192. The lowest BCUT2D eigenvalue weighted by Gasteiger charge is -2.40. The fourth-order valence-corrected chi connectivity index (χ4v) is 2.28. The summed E-state index contributed by atoms with van der Waals surface area (Å²) in [5, 5.41) is 10.5. The van der Waals surface area contributed by atoms with E-state index in [-0.39, 0.29) is 0 Å². The summed E-state index contributed by atoms with van der Waals surface area (Å²) < 4.78 is 37.0. The number of alkyl halides is 3. The molecule has 0 bridgehead atoms. The zero-order chi connectivity index (χ0) is 16.3. The van der Waals surface area contributed by atoms with Crippen molar-refractivity contribution in [1.29, 1.82) is 0 Å². The number of aliphatic carboxylic acids is 1. The molecule has 0 spiro atoms. The first-order valence-corrected chi connectivity index (χ1v) is 6.71. The Bertz CT molecular complexity index is 543. The Balaban J connectivity index is 0.000000217. The van der Waals surface area contributed by atoms with Crippen molar-refractivity contribution in [2.75, 3.05) is 25.1 Å². The average Bonchev–Trinajstić information content (AvgIpc) is 2.84. The van der Waals surface area contributed by atoms with Crippen LogP contribution in [0.1, 0.15) is 11.1 Å². The highest BCUT2D eigenvalue weighted by molar-refractivity contribution is 5.73. The molecular formula is C14H17F3N2O3. The molecule has 0 unspecified atom stereocenters. The molecule has 0 radical (unpaired) electrons. The van der Waals surface area contributed by atoms with Crippen LogP contribution in [0.15, 0.2) is 18.2 Å². The number of hydrogen-bond donors (Lipinski definition) is 2. The monoisotopic (exact) mass is 318 g/mol. The van der Waals surface area contributed by atoms with Crippen LogP contribution in [0.25, 0.3) is 0 Å². The number of nitrogens with zero attached hydrogens (tertiary/aromatic N) is 1. The number of carbonyl (C=O) groups is 1. The highest BCUT2D eigenvalue weighted by Crippen LogP contribution is 2.26. The van der Waals surface area contributed by atoms with Gasteiger partial charge in [0.1, 0.15) is 0 Å². The van der Waals surface area contributed by atoms with E-state index < -0.39 is 12.1 Å². The minimum atomic E-state index is -5.08. The summed E-state index contributed by atoms with van der Waals surface area (Å²) in [7, 11) is 1.79. The Kier molecular flexibility index (Phi) is 4.92. The molecule has 0 amide bonds. The first-order chi connectivity index (χ1) is 10.3. The molecule has 2 aliphatic heterocycles. The molecule has 0 saturated carbocycles. The summed E-state index contributed by atoms with van der Waals surface area (Å²) in [5.74, 6) is -2.76. The van der Waals surface area contributed by atoms with Gasteiger partial charge in [-0.1, -0.05) is 6.07 Å². The molecule has 1 fully saturated rings. The van der Waals surface area contributed by atoms with Crippen LogP contribution in [-0.4, -0.2) is 43.6 Å². The number of benzene rings is 1. The molecule has 1 aromatic carbocycles. The molecule has 0 atom stereocenters. The predicted molar refractivity (Wildman–Crippen MR) is 73.7 cm³/mol. The van der Waals surface area contributed by atoms with E-state index in [1.165, 1.54) is 16.8 Å². The van der Waals surface area contributed by atoms with Crippen molar-refractivity contribution < 1.29 is 27.8 Å². The van der Waals surface area contributed by atoms with Gasteiger partial charge in [-0.2, -0.15) is 13.2 Å². The Morgan fingerprint density at radius 1 is 1.32 bits per heavy atom. The fraction of sp³-hybridized carbons (Fsp3) is 0.500. The summed E-state index contributed by atoms with van der Waals surface area (Å²) in [6.07, 6.45) is -4.66. The number of carboxylic acids is 1. The minimum absolute atomic E-state index is 0.427. The quantitative estimate of drug-likeness (QED) is 0.870. The van der Waals surface area contributed by atoms with Crippen molar-refractivity contribution >= 4 is 11.7 Å². The van der Waals surface area contributed by atoms with Crippen molar-refractivity contribution in [3.63, 3.8) is 0 Å². The van der Waals surface area contributed by atoms with Crippen LogP contribution in [-0.2, 0) is 22.6 Å². The van der Waals surface area contributed by atoms with Crippen LogP contribution >= 0.6 is 0 Å². The Hall–Kier alpha value is -1.80. The third kappa shape index (κ3) is 3.89. The van der Waals surface area contributed by atoms with E-state index in [1.54, 1.807) is 7.11 Å². The van der Waals surface area contributed by atoms with Gasteiger partial charge in [-0.3, -0.25) is 0 Å². The van der Waals surface area contributed by atoms with Crippen LogP contribution < -0.4 is 10.2 Å². The third-order valence-electron chi connectivity index (χ3n) is 3.61. The van der Waals surface area contributed by atoms with Crippen molar-refractivity contribution in [3.05, 3.63) is 29.3 Å². The maximum absolute atomic E-state index is 10.6. The van der Waals surface area contributed by atoms with Crippen molar-refractivity contribution in [2.45, 2.75) is 25.4 Å². The van der Waals surface area contributed by atoms with E-state index in [0.717, 1.165) is 26.2 Å². The first-order valence-electron chi connectivity index (χ1n) is 6.71. The fourth-order valence-electron chi connectivity index (χ4n) is 2.28. The number of halogens is 3. The zero-order valence-electron chi connectivity index (χ0n) is 12.0. The number of fused-ring (bicyclic) bond motifs is 1. The number of rotatable bonds is 2. The molecule has 1 saturated heterocycles. The van der Waals surface area contributed by atoms with Crippen LogP contribution in [0.3, 0.4) is 0 Å². The largest absolute Gasteiger partial charge is 0.490 e. The van der Waals surface area contributed by atoms with E-state index in [0.29, 0.717) is 6.10 Å². The van der Waals surface area contributed by atoms with Gasteiger partial charge in [0.05, 0.1) is 6.10 Å². The second-order valence-electron chi connectivity index (χ2n) is 5.12. The molecule has 122 valence electrons. The van der Waals surface area contributed by atoms with E-state index in [2.05, 4.69) is 28.4 Å². The number of nitrogens with one attached hydrogen (secondary N) is 1. The molecule has 5 nitrogen and oxygen atoms in total. The molecule has 1 aromatic rings. The van der Waals surface area contributed by atoms with Crippen LogP contribution in [0.4, 0.5) is 18.9 Å². The lowest BCUT2D eigenvalue weighted by atomic mass is 10.1. The van der Waals surface area contributed by atoms with Gasteiger partial charge in [-0.05, 0) is 23.3 Å². The molecule has 2 heterocycles. The lowest BCUT2D eigenvalue weighted by Crippen LogP contribution is -2.51. The standard InChI is InChI=1S/C12H16N2O.C2HF3O2/c1-15-12-7-14(8-12)11-3-2-9-5-13-6-10(9)4-11;3-2(4,5)1(6)7/h2-4,12-13H,5-8H2,1H3;(H,6,7). The molecule has 3 rings (SSSR count). The predicted octanol–water partition coefficient (Wildman–Crippen LogP) is 1.76. The summed E-state index contributed by atoms with van der Waals surface area (Å²) in [6.45, 7) is 4.10. The Labute approximate surface area is 125 Å². The highest BCUT2D eigenvalue weighted by Gasteiger charge is 2.38.